The van der Waals surface area contributed by atoms with E-state index in [9.17, 15) is 25.5 Å². The van der Waals surface area contributed by atoms with Crippen LogP contribution in [-0.4, -0.2) is 74.6 Å². The van der Waals surface area contributed by atoms with Crippen LogP contribution >= 0.6 is 0 Å². The van der Waals surface area contributed by atoms with Gasteiger partial charge in [0.1, 0.15) is 24.4 Å². The highest BCUT2D eigenvalue weighted by atomic mass is 16.7. The van der Waals surface area contributed by atoms with Crippen molar-refractivity contribution in [1.82, 2.24) is 0 Å². The molecule has 1 aliphatic heterocycles. The number of hydrogen-bond acceptors (Lipinski definition) is 7. The first-order valence-electron chi connectivity index (χ1n) is 13.0. The predicted molar refractivity (Wildman–Crippen MR) is 121 cm³/mol. The maximum atomic E-state index is 11.1. The molecule has 0 aromatic heterocycles. The van der Waals surface area contributed by atoms with Crippen LogP contribution in [-0.2, 0) is 9.47 Å². The third-order valence-electron chi connectivity index (χ3n) is 11.1. The molecule has 5 N–H and O–H groups in total. The van der Waals surface area contributed by atoms with Gasteiger partial charge in [-0.15, -0.1) is 0 Å². The molecule has 5 aliphatic rings. The first-order valence-corrected chi connectivity index (χ1v) is 13.0. The van der Waals surface area contributed by atoms with Gasteiger partial charge in [-0.05, 0) is 92.3 Å². The molecular formula is C26H44O7. The predicted octanol–water partition coefficient (Wildman–Crippen LogP) is 1.97. The highest BCUT2D eigenvalue weighted by molar-refractivity contribution is 5.16. The van der Waals surface area contributed by atoms with E-state index < -0.39 is 42.9 Å². The average molecular weight is 469 g/mol. The summed E-state index contributed by atoms with van der Waals surface area (Å²) in [5.74, 6) is 1.50. The third kappa shape index (κ3) is 3.48. The molecule has 12 atom stereocenters. The smallest absolute Gasteiger partial charge is 0.186 e. The molecule has 0 radical (unpaired) electrons. The maximum Gasteiger partial charge on any atom is 0.186 e. The molecule has 190 valence electrons. The largest absolute Gasteiger partial charge is 0.394 e. The second-order valence-electron chi connectivity index (χ2n) is 13.2. The zero-order valence-corrected chi connectivity index (χ0v) is 20.6. The second kappa shape index (κ2) is 7.86. The molecule has 2 bridgehead atoms. The first-order chi connectivity index (χ1) is 15.4. The lowest BCUT2D eigenvalue weighted by Gasteiger charge is -2.65. The number of hydrogen-bond donors (Lipinski definition) is 5. The molecule has 4 aliphatic carbocycles. The lowest BCUT2D eigenvalue weighted by atomic mass is 9.41. The molecule has 4 saturated carbocycles. The lowest BCUT2D eigenvalue weighted by molar-refractivity contribution is -0.329. The van der Waals surface area contributed by atoms with Crippen molar-refractivity contribution in [2.45, 2.75) is 121 Å². The van der Waals surface area contributed by atoms with Crippen LogP contribution in [0.5, 0.6) is 0 Å². The third-order valence-corrected chi connectivity index (χ3v) is 11.1. The van der Waals surface area contributed by atoms with Crippen molar-refractivity contribution in [2.75, 3.05) is 6.61 Å². The second-order valence-corrected chi connectivity index (χ2v) is 13.2. The van der Waals surface area contributed by atoms with Crippen molar-refractivity contribution in [3.8, 4) is 0 Å². The van der Waals surface area contributed by atoms with Crippen molar-refractivity contribution in [2.24, 2.45) is 34.0 Å². The quantitative estimate of drug-likeness (QED) is 0.402. The van der Waals surface area contributed by atoms with E-state index in [1.165, 1.54) is 6.42 Å². The van der Waals surface area contributed by atoms with E-state index in [-0.39, 0.29) is 22.3 Å². The molecule has 12 unspecified atom stereocenters. The van der Waals surface area contributed by atoms with Gasteiger partial charge >= 0.3 is 0 Å². The Kier molecular flexibility index (Phi) is 5.81. The van der Waals surface area contributed by atoms with Crippen LogP contribution in [0.15, 0.2) is 0 Å². The van der Waals surface area contributed by atoms with E-state index in [0.717, 1.165) is 44.9 Å². The van der Waals surface area contributed by atoms with Gasteiger partial charge in [-0.25, -0.2) is 0 Å². The highest BCUT2D eigenvalue weighted by Crippen LogP contribution is 2.73. The molecular weight excluding hydrogens is 424 g/mol. The standard InChI is InChI=1S/C26H44O7/c1-23(2)16-7-10-26-11-14(25(4,31)13-26)5-6-17(26)24(16,3)9-8-18(23)33-22-21(30)20(29)19(28)15(12-27)32-22/h14-22,27-31H,5-13H2,1-4H3. The maximum absolute atomic E-state index is 11.1. The fourth-order valence-corrected chi connectivity index (χ4v) is 9.58. The van der Waals surface area contributed by atoms with Gasteiger partial charge in [0, 0.05) is 0 Å². The zero-order chi connectivity index (χ0) is 24.0. The molecule has 1 heterocycles. The summed E-state index contributed by atoms with van der Waals surface area (Å²) in [6.45, 7) is 8.60. The van der Waals surface area contributed by atoms with E-state index in [4.69, 9.17) is 9.47 Å². The monoisotopic (exact) mass is 468 g/mol. The van der Waals surface area contributed by atoms with Crippen LogP contribution in [0.2, 0.25) is 0 Å². The molecule has 5 fully saturated rings. The van der Waals surface area contributed by atoms with Crippen molar-refractivity contribution in [3.63, 3.8) is 0 Å². The topological polar surface area (TPSA) is 120 Å². The number of aliphatic hydroxyl groups is 5. The van der Waals surface area contributed by atoms with Crippen LogP contribution in [0.3, 0.4) is 0 Å². The summed E-state index contributed by atoms with van der Waals surface area (Å²) in [5.41, 5.74) is -0.247. The molecule has 0 amide bonds. The van der Waals surface area contributed by atoms with Crippen LogP contribution in [0.1, 0.15) is 79.1 Å². The Labute approximate surface area is 197 Å². The number of ether oxygens (including phenoxy) is 2. The Morgan fingerprint density at radius 3 is 2.30 bits per heavy atom. The molecule has 1 saturated heterocycles. The summed E-state index contributed by atoms with van der Waals surface area (Å²) in [5, 5.41) is 51.4. The molecule has 0 aromatic rings. The summed E-state index contributed by atoms with van der Waals surface area (Å²) in [6.07, 6.45) is 2.19. The summed E-state index contributed by atoms with van der Waals surface area (Å²) in [6, 6.07) is 0. The van der Waals surface area contributed by atoms with Gasteiger partial charge < -0.3 is 35.0 Å². The number of fused-ring (bicyclic) bond motifs is 3. The summed E-state index contributed by atoms with van der Waals surface area (Å²) in [4.78, 5) is 0. The fourth-order valence-electron chi connectivity index (χ4n) is 9.58. The summed E-state index contributed by atoms with van der Waals surface area (Å²) in [7, 11) is 0. The molecule has 5 rings (SSSR count). The highest BCUT2D eigenvalue weighted by Gasteiger charge is 2.67. The van der Waals surface area contributed by atoms with Crippen molar-refractivity contribution in [1.29, 1.82) is 0 Å². The van der Waals surface area contributed by atoms with E-state index >= 15 is 0 Å². The zero-order valence-electron chi connectivity index (χ0n) is 20.6. The Hall–Kier alpha value is -0.280. The van der Waals surface area contributed by atoms with Crippen LogP contribution in [0.4, 0.5) is 0 Å². The molecule has 7 heteroatoms. The van der Waals surface area contributed by atoms with Gasteiger partial charge in [-0.1, -0.05) is 20.8 Å². The van der Waals surface area contributed by atoms with Crippen LogP contribution in [0, 0.1) is 34.0 Å². The SMILES string of the molecule is CC1(O)CC23CCC4C(C)(C)C(OC5OC(CO)C(O)C(O)C5O)CCC4(C)C2CCC1C3. The molecule has 33 heavy (non-hydrogen) atoms. The Balaban J connectivity index is 1.36. The van der Waals surface area contributed by atoms with E-state index in [2.05, 4.69) is 27.7 Å². The minimum Gasteiger partial charge on any atom is -0.394 e. The lowest BCUT2D eigenvalue weighted by Crippen LogP contribution is -2.63. The van der Waals surface area contributed by atoms with Crippen molar-refractivity contribution < 1.29 is 35.0 Å². The van der Waals surface area contributed by atoms with E-state index in [1.54, 1.807) is 0 Å². The van der Waals surface area contributed by atoms with Crippen molar-refractivity contribution >= 4 is 0 Å². The van der Waals surface area contributed by atoms with E-state index in [0.29, 0.717) is 17.8 Å². The van der Waals surface area contributed by atoms with Crippen LogP contribution in [0.25, 0.3) is 0 Å². The minimum atomic E-state index is -1.42. The molecule has 0 aromatic carbocycles. The van der Waals surface area contributed by atoms with Gasteiger partial charge in [0.2, 0.25) is 0 Å². The summed E-state index contributed by atoms with van der Waals surface area (Å²) < 4.78 is 12.0. The normalized spacial score (nSPS) is 57.9. The Morgan fingerprint density at radius 1 is 0.879 bits per heavy atom. The molecule has 7 nitrogen and oxygen atoms in total. The minimum absolute atomic E-state index is 0.158. The van der Waals surface area contributed by atoms with Gasteiger partial charge in [0.25, 0.3) is 0 Å². The van der Waals surface area contributed by atoms with Crippen LogP contribution < -0.4 is 0 Å². The number of aliphatic hydroxyl groups excluding tert-OH is 4. The van der Waals surface area contributed by atoms with Gasteiger partial charge in [0.15, 0.2) is 6.29 Å². The van der Waals surface area contributed by atoms with E-state index in [1.807, 2.05) is 0 Å². The fraction of sp³-hybridized carbons (Fsp3) is 1.00. The Morgan fingerprint density at radius 2 is 1.61 bits per heavy atom. The number of rotatable bonds is 3. The molecule has 1 spiro atoms. The van der Waals surface area contributed by atoms with Gasteiger partial charge in [-0.3, -0.25) is 0 Å². The summed E-state index contributed by atoms with van der Waals surface area (Å²) >= 11 is 0. The average Bonchev–Trinajstić information content (AvgIpc) is 2.93. The Bertz CT molecular complexity index is 753. The van der Waals surface area contributed by atoms with Crippen molar-refractivity contribution in [3.05, 3.63) is 0 Å². The first kappa shape index (κ1) is 24.4. The van der Waals surface area contributed by atoms with Gasteiger partial charge in [-0.2, -0.15) is 0 Å². The van der Waals surface area contributed by atoms with Gasteiger partial charge in [0.05, 0.1) is 18.3 Å².